The lowest BCUT2D eigenvalue weighted by atomic mass is 9.92. The van der Waals surface area contributed by atoms with Crippen LogP contribution in [0.3, 0.4) is 0 Å². The van der Waals surface area contributed by atoms with E-state index in [0.717, 1.165) is 39.3 Å². The van der Waals surface area contributed by atoms with Crippen LogP contribution in [-0.2, 0) is 4.74 Å². The fraction of sp³-hybridized carbons (Fsp3) is 1.00. The average molecular weight is 256 g/mol. The predicted molar refractivity (Wildman–Crippen MR) is 72.7 cm³/mol. The molecule has 1 heterocycles. The Labute approximate surface area is 111 Å². The second-order valence-corrected chi connectivity index (χ2v) is 5.91. The minimum Gasteiger partial charge on any atom is -0.394 e. The fourth-order valence-electron chi connectivity index (χ4n) is 2.93. The van der Waals surface area contributed by atoms with E-state index >= 15 is 0 Å². The van der Waals surface area contributed by atoms with Crippen LogP contribution in [0.1, 0.15) is 33.1 Å². The molecule has 1 aliphatic carbocycles. The average Bonchev–Trinajstić information content (AvgIpc) is 3.22. The minimum atomic E-state index is -0.0817. The van der Waals surface area contributed by atoms with Crippen LogP contribution in [0.4, 0.5) is 0 Å². The lowest BCUT2D eigenvalue weighted by Gasteiger charge is -2.42. The van der Waals surface area contributed by atoms with E-state index in [4.69, 9.17) is 4.74 Å². The van der Waals surface area contributed by atoms with E-state index in [1.54, 1.807) is 0 Å². The third-order valence-electron chi connectivity index (χ3n) is 4.36. The molecule has 2 rings (SSSR count). The van der Waals surface area contributed by atoms with Crippen LogP contribution in [0, 0.1) is 5.92 Å². The molecule has 1 aliphatic heterocycles. The van der Waals surface area contributed by atoms with Crippen molar-refractivity contribution in [1.29, 1.82) is 0 Å². The third-order valence-corrected chi connectivity index (χ3v) is 4.36. The van der Waals surface area contributed by atoms with Gasteiger partial charge in [-0.3, -0.25) is 4.90 Å². The molecule has 0 bridgehead atoms. The van der Waals surface area contributed by atoms with E-state index in [1.807, 2.05) is 0 Å². The second-order valence-electron chi connectivity index (χ2n) is 5.91. The Kier molecular flexibility index (Phi) is 5.01. The Morgan fingerprint density at radius 3 is 2.78 bits per heavy atom. The molecule has 2 N–H and O–H groups in total. The van der Waals surface area contributed by atoms with Crippen molar-refractivity contribution in [2.45, 2.75) is 44.7 Å². The fourth-order valence-corrected chi connectivity index (χ4v) is 2.93. The van der Waals surface area contributed by atoms with Gasteiger partial charge in [0.2, 0.25) is 0 Å². The number of ether oxygens (including phenoxy) is 1. The van der Waals surface area contributed by atoms with Gasteiger partial charge in [0.1, 0.15) is 0 Å². The van der Waals surface area contributed by atoms with E-state index in [2.05, 4.69) is 24.1 Å². The summed E-state index contributed by atoms with van der Waals surface area (Å²) in [6, 6.07) is 0.465. The molecule has 0 aromatic rings. The Bertz CT molecular complexity index is 258. The quantitative estimate of drug-likeness (QED) is 0.709. The van der Waals surface area contributed by atoms with Gasteiger partial charge in [0, 0.05) is 19.1 Å². The van der Waals surface area contributed by atoms with E-state index in [9.17, 15) is 5.11 Å². The number of aliphatic hydroxyl groups excluding tert-OH is 1. The molecule has 2 fully saturated rings. The molecule has 18 heavy (non-hydrogen) atoms. The topological polar surface area (TPSA) is 44.7 Å². The van der Waals surface area contributed by atoms with Crippen LogP contribution in [0.2, 0.25) is 0 Å². The van der Waals surface area contributed by atoms with E-state index in [-0.39, 0.29) is 12.1 Å². The number of hydrogen-bond acceptors (Lipinski definition) is 4. The molecule has 0 amide bonds. The molecule has 106 valence electrons. The third kappa shape index (κ3) is 3.23. The Morgan fingerprint density at radius 1 is 1.44 bits per heavy atom. The molecule has 0 aromatic heterocycles. The summed E-state index contributed by atoms with van der Waals surface area (Å²) in [5.41, 5.74) is -0.0817. The summed E-state index contributed by atoms with van der Waals surface area (Å²) in [7, 11) is 0. The van der Waals surface area contributed by atoms with Crippen LogP contribution < -0.4 is 5.32 Å². The zero-order valence-electron chi connectivity index (χ0n) is 11.8. The molecule has 0 aromatic carbocycles. The summed E-state index contributed by atoms with van der Waals surface area (Å²) >= 11 is 0. The highest BCUT2D eigenvalue weighted by Crippen LogP contribution is 2.40. The number of morpholine rings is 1. The molecule has 0 radical (unpaired) electrons. The summed E-state index contributed by atoms with van der Waals surface area (Å²) in [5.74, 6) is 0.657. The highest BCUT2D eigenvalue weighted by molar-refractivity contribution is 5.03. The van der Waals surface area contributed by atoms with E-state index in [0.29, 0.717) is 12.0 Å². The highest BCUT2D eigenvalue weighted by Gasteiger charge is 2.46. The van der Waals surface area contributed by atoms with E-state index in [1.165, 1.54) is 12.8 Å². The highest BCUT2D eigenvalue weighted by atomic mass is 16.5. The Hall–Kier alpha value is -0.160. The first-order valence-corrected chi connectivity index (χ1v) is 7.39. The monoisotopic (exact) mass is 256 g/mol. The van der Waals surface area contributed by atoms with Gasteiger partial charge in [0.05, 0.1) is 25.4 Å². The standard InChI is InChI=1S/C14H28N2O2/c1-3-6-15-14(11-17,13-4-5-13)10-16-7-8-18-9-12(16)2/h12-13,15,17H,3-11H2,1-2H3. The Balaban J connectivity index is 1.98. The summed E-state index contributed by atoms with van der Waals surface area (Å²) in [5, 5.41) is 13.5. The summed E-state index contributed by atoms with van der Waals surface area (Å²) in [4.78, 5) is 2.47. The van der Waals surface area contributed by atoms with Crippen molar-refractivity contribution in [3.05, 3.63) is 0 Å². The van der Waals surface area contributed by atoms with Crippen LogP contribution in [0.15, 0.2) is 0 Å². The molecule has 2 unspecified atom stereocenters. The lowest BCUT2D eigenvalue weighted by Crippen LogP contribution is -2.61. The molecule has 1 saturated carbocycles. The van der Waals surface area contributed by atoms with Crippen LogP contribution in [0.5, 0.6) is 0 Å². The largest absolute Gasteiger partial charge is 0.394 e. The second kappa shape index (κ2) is 6.33. The summed E-state index contributed by atoms with van der Waals surface area (Å²) in [6.07, 6.45) is 3.64. The van der Waals surface area contributed by atoms with Gasteiger partial charge >= 0.3 is 0 Å². The zero-order chi connectivity index (χ0) is 13.0. The predicted octanol–water partition coefficient (Wildman–Crippen LogP) is 0.848. The minimum absolute atomic E-state index is 0.0817. The maximum Gasteiger partial charge on any atom is 0.0628 e. The van der Waals surface area contributed by atoms with Gasteiger partial charge in [0.15, 0.2) is 0 Å². The van der Waals surface area contributed by atoms with Gasteiger partial charge in [-0.2, -0.15) is 0 Å². The first kappa shape index (κ1) is 14.3. The SMILES string of the molecule is CCCNC(CO)(CN1CCOCC1C)C1CC1. The Morgan fingerprint density at radius 2 is 2.22 bits per heavy atom. The number of hydrogen-bond donors (Lipinski definition) is 2. The van der Waals surface area contributed by atoms with Crippen LogP contribution in [0.25, 0.3) is 0 Å². The molecular formula is C14H28N2O2. The lowest BCUT2D eigenvalue weighted by molar-refractivity contribution is -0.0238. The van der Waals surface area contributed by atoms with Crippen molar-refractivity contribution in [1.82, 2.24) is 10.2 Å². The van der Waals surface area contributed by atoms with Crippen molar-refractivity contribution < 1.29 is 9.84 Å². The molecular weight excluding hydrogens is 228 g/mol. The molecule has 4 nitrogen and oxygen atoms in total. The molecule has 2 aliphatic rings. The maximum absolute atomic E-state index is 9.91. The van der Waals surface area contributed by atoms with Crippen molar-refractivity contribution >= 4 is 0 Å². The zero-order valence-corrected chi connectivity index (χ0v) is 11.8. The van der Waals surface area contributed by atoms with Crippen LogP contribution in [-0.4, -0.2) is 61.0 Å². The summed E-state index contributed by atoms with van der Waals surface area (Å²) < 4.78 is 5.49. The van der Waals surface area contributed by atoms with Gasteiger partial charge < -0.3 is 15.2 Å². The molecule has 4 heteroatoms. The van der Waals surface area contributed by atoms with Gasteiger partial charge in [-0.25, -0.2) is 0 Å². The normalized spacial score (nSPS) is 29.2. The molecule has 2 atom stereocenters. The number of aliphatic hydroxyl groups is 1. The van der Waals surface area contributed by atoms with E-state index < -0.39 is 0 Å². The number of nitrogens with one attached hydrogen (secondary N) is 1. The first-order chi connectivity index (χ1) is 8.72. The first-order valence-electron chi connectivity index (χ1n) is 7.39. The van der Waals surface area contributed by atoms with Gasteiger partial charge in [-0.15, -0.1) is 0 Å². The van der Waals surface area contributed by atoms with Gasteiger partial charge in [-0.05, 0) is 38.6 Å². The van der Waals surface area contributed by atoms with Gasteiger partial charge in [0.25, 0.3) is 0 Å². The van der Waals surface area contributed by atoms with Crippen molar-refractivity contribution in [3.63, 3.8) is 0 Å². The van der Waals surface area contributed by atoms with Gasteiger partial charge in [-0.1, -0.05) is 6.92 Å². The molecule has 1 saturated heterocycles. The van der Waals surface area contributed by atoms with Crippen molar-refractivity contribution in [3.8, 4) is 0 Å². The number of nitrogens with zero attached hydrogens (tertiary/aromatic N) is 1. The van der Waals surface area contributed by atoms with Crippen LogP contribution >= 0.6 is 0 Å². The maximum atomic E-state index is 9.91. The summed E-state index contributed by atoms with van der Waals surface area (Å²) in [6.45, 7) is 9.23. The smallest absolute Gasteiger partial charge is 0.0628 e. The van der Waals surface area contributed by atoms with Crippen molar-refractivity contribution in [2.24, 2.45) is 5.92 Å². The van der Waals surface area contributed by atoms with Crippen molar-refractivity contribution in [2.75, 3.05) is 39.5 Å². The molecule has 0 spiro atoms. The number of rotatable bonds is 7.